The van der Waals surface area contributed by atoms with E-state index in [1.54, 1.807) is 18.2 Å². The molecule has 0 saturated carbocycles. The average molecular weight is 404 g/mol. The van der Waals surface area contributed by atoms with Gasteiger partial charge in [0.1, 0.15) is 5.69 Å². The minimum Gasteiger partial charge on any atom is -0.387 e. The molecule has 0 spiro atoms. The van der Waals surface area contributed by atoms with E-state index in [9.17, 15) is 36.8 Å². The highest BCUT2D eigenvalue weighted by Gasteiger charge is 2.47. The highest BCUT2D eigenvalue weighted by atomic mass is 32.2. The number of aliphatic hydroxyl groups is 1. The van der Waals surface area contributed by atoms with Gasteiger partial charge in [-0.3, -0.25) is 10.1 Å². The molecule has 1 atom stereocenters. The Morgan fingerprint density at radius 1 is 1.22 bits per heavy atom. The van der Waals surface area contributed by atoms with Gasteiger partial charge in [0.15, 0.2) is 0 Å². The van der Waals surface area contributed by atoms with Crippen LogP contribution in [0.4, 0.5) is 24.5 Å². The minimum absolute atomic E-state index is 0.171. The van der Waals surface area contributed by atoms with Gasteiger partial charge in [0, 0.05) is 12.6 Å². The zero-order valence-corrected chi connectivity index (χ0v) is 14.7. The molecule has 2 aromatic rings. The molecule has 0 fully saturated rings. The molecular formula is C16H15F3N2O5S. The molecule has 0 aliphatic heterocycles. The van der Waals surface area contributed by atoms with Crippen molar-refractivity contribution in [1.29, 1.82) is 0 Å². The number of hydrogen-bond donors (Lipinski definition) is 2. The molecule has 0 aliphatic carbocycles. The second-order valence-corrected chi connectivity index (χ2v) is 7.64. The molecule has 27 heavy (non-hydrogen) atoms. The summed E-state index contributed by atoms with van der Waals surface area (Å²) in [7, 11) is -5.71. The van der Waals surface area contributed by atoms with Gasteiger partial charge in [-0.2, -0.15) is 13.2 Å². The molecule has 0 amide bonds. The first-order chi connectivity index (χ1) is 12.4. The predicted molar refractivity (Wildman–Crippen MR) is 91.0 cm³/mol. The summed E-state index contributed by atoms with van der Waals surface area (Å²) in [5.74, 6) is 0. The highest BCUT2D eigenvalue weighted by molar-refractivity contribution is 7.92. The number of nitro groups is 1. The maximum absolute atomic E-state index is 12.6. The monoisotopic (exact) mass is 404 g/mol. The first-order valence-electron chi connectivity index (χ1n) is 7.52. The fourth-order valence-electron chi connectivity index (χ4n) is 2.31. The van der Waals surface area contributed by atoms with E-state index < -0.39 is 37.0 Å². The summed E-state index contributed by atoms with van der Waals surface area (Å²) in [6, 6.07) is 8.70. The fraction of sp³-hybridized carbons (Fsp3) is 0.250. The predicted octanol–water partition coefficient (Wildman–Crippen LogP) is 3.34. The molecule has 0 aromatic heterocycles. The lowest BCUT2D eigenvalue weighted by atomic mass is 10.1. The number of aryl methyl sites for hydroxylation is 1. The summed E-state index contributed by atoms with van der Waals surface area (Å²) >= 11 is 0. The Balaban J connectivity index is 2.29. The number of hydrogen-bond acceptors (Lipinski definition) is 6. The number of rotatable bonds is 6. The lowest BCUT2D eigenvalue weighted by molar-refractivity contribution is -0.384. The van der Waals surface area contributed by atoms with Crippen LogP contribution in [0.1, 0.15) is 17.2 Å². The third-order valence-electron chi connectivity index (χ3n) is 3.69. The molecular weight excluding hydrogens is 389 g/mol. The fourth-order valence-corrected chi connectivity index (χ4v) is 3.10. The normalized spacial score (nSPS) is 13.2. The van der Waals surface area contributed by atoms with Gasteiger partial charge in [0.05, 0.1) is 15.9 Å². The van der Waals surface area contributed by atoms with Crippen molar-refractivity contribution in [2.75, 3.05) is 11.9 Å². The lowest BCUT2D eigenvalue weighted by Crippen LogP contribution is -2.23. The molecule has 0 radical (unpaired) electrons. The number of aliphatic hydroxyl groups excluding tert-OH is 1. The van der Waals surface area contributed by atoms with Crippen molar-refractivity contribution in [2.24, 2.45) is 0 Å². The van der Waals surface area contributed by atoms with E-state index in [0.29, 0.717) is 17.7 Å². The van der Waals surface area contributed by atoms with Crippen LogP contribution in [0.15, 0.2) is 47.4 Å². The van der Waals surface area contributed by atoms with Crippen LogP contribution in [0, 0.1) is 17.0 Å². The van der Waals surface area contributed by atoms with E-state index in [1.807, 2.05) is 13.0 Å². The van der Waals surface area contributed by atoms with Gasteiger partial charge in [-0.05, 0) is 24.6 Å². The summed E-state index contributed by atoms with van der Waals surface area (Å²) in [5.41, 5.74) is -5.21. The number of nitrogens with one attached hydrogen (secondary N) is 1. The number of halogens is 3. The zero-order chi connectivity index (χ0) is 20.4. The molecule has 0 heterocycles. The standard InChI is InChI=1S/C16H15F3N2O5S/c1-10-3-2-4-11(7-10)15(22)9-20-13-6-5-12(8-14(13)21(23)24)27(25,26)16(17,18)19/h2-8,15,20,22H,9H2,1H3. The smallest absolute Gasteiger partial charge is 0.387 e. The van der Waals surface area contributed by atoms with E-state index in [2.05, 4.69) is 5.32 Å². The molecule has 2 N–H and O–H groups in total. The number of nitrogens with zero attached hydrogens (tertiary/aromatic N) is 1. The van der Waals surface area contributed by atoms with E-state index >= 15 is 0 Å². The first-order valence-corrected chi connectivity index (χ1v) is 9.00. The molecule has 2 rings (SSSR count). The SMILES string of the molecule is Cc1cccc(C(O)CNc2ccc(S(=O)(=O)C(F)(F)F)cc2[N+](=O)[O-])c1. The molecule has 2 aromatic carbocycles. The molecule has 146 valence electrons. The van der Waals surface area contributed by atoms with Crippen LogP contribution < -0.4 is 5.32 Å². The van der Waals surface area contributed by atoms with Crippen LogP contribution in [0.2, 0.25) is 0 Å². The van der Waals surface area contributed by atoms with Crippen molar-refractivity contribution in [1.82, 2.24) is 0 Å². The van der Waals surface area contributed by atoms with Gasteiger partial charge >= 0.3 is 5.51 Å². The third-order valence-corrected chi connectivity index (χ3v) is 5.18. The zero-order valence-electron chi connectivity index (χ0n) is 13.9. The molecule has 11 heteroatoms. The topological polar surface area (TPSA) is 110 Å². The average Bonchev–Trinajstić information content (AvgIpc) is 2.58. The lowest BCUT2D eigenvalue weighted by Gasteiger charge is -2.14. The van der Waals surface area contributed by atoms with Crippen molar-refractivity contribution in [3.05, 3.63) is 63.7 Å². The number of benzene rings is 2. The quantitative estimate of drug-likeness (QED) is 0.565. The van der Waals surface area contributed by atoms with Gasteiger partial charge in [-0.15, -0.1) is 0 Å². The Morgan fingerprint density at radius 3 is 2.44 bits per heavy atom. The summed E-state index contributed by atoms with van der Waals surface area (Å²) in [5, 5.41) is 23.8. The molecule has 1 unspecified atom stereocenters. The molecule has 0 aliphatic rings. The van der Waals surface area contributed by atoms with E-state index in [1.165, 1.54) is 0 Å². The van der Waals surface area contributed by atoms with E-state index in [4.69, 9.17) is 0 Å². The third kappa shape index (κ3) is 4.55. The van der Waals surface area contributed by atoms with Crippen molar-refractivity contribution in [3.8, 4) is 0 Å². The molecule has 7 nitrogen and oxygen atoms in total. The van der Waals surface area contributed by atoms with Crippen LogP contribution in [-0.4, -0.2) is 30.5 Å². The van der Waals surface area contributed by atoms with Crippen molar-refractivity contribution < 1.29 is 31.6 Å². The summed E-state index contributed by atoms with van der Waals surface area (Å²) in [4.78, 5) is 8.90. The van der Waals surface area contributed by atoms with Crippen LogP contribution >= 0.6 is 0 Å². The molecule has 0 bridgehead atoms. The Labute approximate surface area is 152 Å². The number of anilines is 1. The summed E-state index contributed by atoms with van der Waals surface area (Å²) < 4.78 is 60.7. The van der Waals surface area contributed by atoms with Crippen molar-refractivity contribution in [2.45, 2.75) is 23.4 Å². The minimum atomic E-state index is -5.71. The van der Waals surface area contributed by atoms with Crippen LogP contribution in [-0.2, 0) is 9.84 Å². The first kappa shape index (κ1) is 20.6. The highest BCUT2D eigenvalue weighted by Crippen LogP contribution is 2.34. The maximum Gasteiger partial charge on any atom is 0.501 e. The van der Waals surface area contributed by atoms with Gasteiger partial charge < -0.3 is 10.4 Å². The van der Waals surface area contributed by atoms with Crippen LogP contribution in [0.3, 0.4) is 0 Å². The molecule has 0 saturated heterocycles. The van der Waals surface area contributed by atoms with Crippen LogP contribution in [0.5, 0.6) is 0 Å². The summed E-state index contributed by atoms with van der Waals surface area (Å²) in [6.45, 7) is 1.64. The Hall–Kier alpha value is -2.66. The van der Waals surface area contributed by atoms with Gasteiger partial charge in [-0.25, -0.2) is 8.42 Å². The largest absolute Gasteiger partial charge is 0.501 e. The van der Waals surface area contributed by atoms with E-state index in [0.717, 1.165) is 11.6 Å². The van der Waals surface area contributed by atoms with E-state index in [-0.39, 0.29) is 12.2 Å². The maximum atomic E-state index is 12.6. The number of alkyl halides is 3. The van der Waals surface area contributed by atoms with Gasteiger partial charge in [-0.1, -0.05) is 29.8 Å². The Bertz CT molecular complexity index is 961. The Morgan fingerprint density at radius 2 is 1.89 bits per heavy atom. The van der Waals surface area contributed by atoms with Gasteiger partial charge in [0.25, 0.3) is 15.5 Å². The van der Waals surface area contributed by atoms with Gasteiger partial charge in [0.2, 0.25) is 0 Å². The Kier molecular flexibility index (Phi) is 5.76. The second-order valence-electron chi connectivity index (χ2n) is 5.70. The summed E-state index contributed by atoms with van der Waals surface area (Å²) in [6.07, 6.45) is -1.04. The number of nitro benzene ring substituents is 1. The number of sulfone groups is 1. The van der Waals surface area contributed by atoms with Crippen molar-refractivity contribution in [3.63, 3.8) is 0 Å². The van der Waals surface area contributed by atoms with Crippen LogP contribution in [0.25, 0.3) is 0 Å². The van der Waals surface area contributed by atoms with Crippen molar-refractivity contribution >= 4 is 21.2 Å². The second kappa shape index (κ2) is 7.53.